The molecule has 0 aromatic heterocycles. The molecule has 0 saturated carbocycles. The first kappa shape index (κ1) is 15.5. The number of hydrogen-bond donors (Lipinski definition) is 0. The maximum Gasteiger partial charge on any atom is 0.189 e. The van der Waals surface area contributed by atoms with E-state index in [9.17, 15) is 0 Å². The summed E-state index contributed by atoms with van der Waals surface area (Å²) < 4.78 is 17.2. The van der Waals surface area contributed by atoms with E-state index in [-0.39, 0.29) is 6.79 Å². The molecule has 0 aliphatic rings. The van der Waals surface area contributed by atoms with Crippen molar-refractivity contribution in [2.75, 3.05) is 20.5 Å². The fourth-order valence-corrected chi connectivity index (χ4v) is 2.40. The highest BCUT2D eigenvalue weighted by atomic mass is 79.9. The van der Waals surface area contributed by atoms with Gasteiger partial charge in [0.05, 0.1) is 7.11 Å². The molecule has 0 amide bonds. The number of methoxy groups -OCH3 is 1. The molecule has 3 nitrogen and oxygen atoms in total. The third-order valence-electron chi connectivity index (χ3n) is 2.42. The summed E-state index contributed by atoms with van der Waals surface area (Å²) >= 11 is 3.40. The molecule has 0 fully saturated rings. The lowest BCUT2D eigenvalue weighted by atomic mass is 10.3. The number of halogens is 1. The van der Waals surface area contributed by atoms with E-state index in [0.717, 1.165) is 17.1 Å². The third-order valence-corrected chi connectivity index (χ3v) is 4.62. The summed E-state index contributed by atoms with van der Waals surface area (Å²) in [4.78, 5) is 0. The van der Waals surface area contributed by atoms with Crippen LogP contribution in [0.3, 0.4) is 0 Å². The Hall–Kier alpha value is -0.523. The molecule has 102 valence electrons. The molecule has 0 atom stereocenters. The van der Waals surface area contributed by atoms with Gasteiger partial charge < -0.3 is 14.2 Å². The summed E-state index contributed by atoms with van der Waals surface area (Å²) in [7, 11) is 0.601. The van der Waals surface area contributed by atoms with Crippen molar-refractivity contribution in [2.45, 2.75) is 25.7 Å². The normalized spacial score (nSPS) is 11.4. The van der Waals surface area contributed by atoms with Crippen LogP contribution < -0.4 is 9.47 Å². The summed E-state index contributed by atoms with van der Waals surface area (Å²) in [6, 6.07) is 6.80. The Morgan fingerprint density at radius 2 is 1.89 bits per heavy atom. The summed E-state index contributed by atoms with van der Waals surface area (Å²) in [5.74, 6) is 1.41. The number of hydrogen-bond acceptors (Lipinski definition) is 3. The van der Waals surface area contributed by atoms with Gasteiger partial charge in [-0.3, -0.25) is 0 Å². The maximum absolute atomic E-state index is 5.56. The van der Waals surface area contributed by atoms with E-state index in [2.05, 4.69) is 35.6 Å². The maximum atomic E-state index is 5.56. The predicted molar refractivity (Wildman–Crippen MR) is 80.3 cm³/mol. The minimum absolute atomic E-state index is 0.261. The second-order valence-corrected chi connectivity index (χ2v) is 11.8. The summed E-state index contributed by atoms with van der Waals surface area (Å²) in [5.41, 5.74) is 0. The third kappa shape index (κ3) is 5.89. The van der Waals surface area contributed by atoms with Crippen molar-refractivity contribution >= 4 is 24.0 Å². The Morgan fingerprint density at radius 1 is 1.17 bits per heavy atom. The highest BCUT2D eigenvalue weighted by Gasteiger charge is 2.12. The van der Waals surface area contributed by atoms with Crippen LogP contribution in [0.25, 0.3) is 0 Å². The number of benzene rings is 1. The van der Waals surface area contributed by atoms with Gasteiger partial charge in [-0.2, -0.15) is 0 Å². The van der Waals surface area contributed by atoms with Crippen LogP contribution in [0.5, 0.6) is 11.5 Å². The first-order valence-electron chi connectivity index (χ1n) is 5.96. The topological polar surface area (TPSA) is 27.7 Å². The molecule has 1 rings (SSSR count). The van der Waals surface area contributed by atoms with Gasteiger partial charge in [-0.05, 0) is 24.2 Å². The van der Waals surface area contributed by atoms with Crippen molar-refractivity contribution in [3.8, 4) is 11.5 Å². The van der Waals surface area contributed by atoms with Gasteiger partial charge in [0, 0.05) is 19.2 Å². The van der Waals surface area contributed by atoms with Crippen molar-refractivity contribution in [3.63, 3.8) is 0 Å². The average molecular weight is 333 g/mol. The van der Waals surface area contributed by atoms with Gasteiger partial charge in [0.2, 0.25) is 0 Å². The minimum Gasteiger partial charge on any atom is -0.493 e. The van der Waals surface area contributed by atoms with Crippen LogP contribution in [0.4, 0.5) is 0 Å². The summed E-state index contributed by atoms with van der Waals surface area (Å²) in [6.07, 6.45) is 0. The van der Waals surface area contributed by atoms with Gasteiger partial charge >= 0.3 is 0 Å². The number of ether oxygens (including phenoxy) is 3. The molecule has 0 unspecified atom stereocenters. The van der Waals surface area contributed by atoms with Crippen LogP contribution in [-0.2, 0) is 4.74 Å². The van der Waals surface area contributed by atoms with Crippen molar-refractivity contribution in [3.05, 3.63) is 22.7 Å². The van der Waals surface area contributed by atoms with E-state index in [4.69, 9.17) is 14.2 Å². The molecule has 0 heterocycles. The molecule has 18 heavy (non-hydrogen) atoms. The molecular formula is C13H21BrO3Si. The lowest BCUT2D eigenvalue weighted by Crippen LogP contribution is -2.22. The van der Waals surface area contributed by atoms with Gasteiger partial charge in [-0.25, -0.2) is 0 Å². The fourth-order valence-electron chi connectivity index (χ4n) is 1.31. The molecule has 0 bridgehead atoms. The molecule has 0 N–H and O–H groups in total. The van der Waals surface area contributed by atoms with Crippen molar-refractivity contribution in [1.29, 1.82) is 0 Å². The molecular weight excluding hydrogens is 312 g/mol. The lowest BCUT2D eigenvalue weighted by Gasteiger charge is -2.16. The SMILES string of the molecule is COc1ccc(Br)cc1OCOCC[Si](C)(C)C. The van der Waals surface area contributed by atoms with Crippen LogP contribution in [0, 0.1) is 0 Å². The van der Waals surface area contributed by atoms with Crippen LogP contribution in [0.1, 0.15) is 0 Å². The van der Waals surface area contributed by atoms with E-state index >= 15 is 0 Å². The van der Waals surface area contributed by atoms with Crippen LogP contribution >= 0.6 is 15.9 Å². The zero-order valence-corrected chi connectivity index (χ0v) is 14.0. The first-order chi connectivity index (χ1) is 8.42. The smallest absolute Gasteiger partial charge is 0.189 e. The fraction of sp³-hybridized carbons (Fsp3) is 0.538. The monoisotopic (exact) mass is 332 g/mol. The zero-order valence-electron chi connectivity index (χ0n) is 11.5. The van der Waals surface area contributed by atoms with Gasteiger partial charge in [0.25, 0.3) is 0 Å². The standard InChI is InChI=1S/C13H21BrO3Si/c1-15-12-6-5-11(14)9-13(12)17-10-16-7-8-18(2,3)4/h5-6,9H,7-8,10H2,1-4H3. The highest BCUT2D eigenvalue weighted by molar-refractivity contribution is 9.10. The van der Waals surface area contributed by atoms with E-state index in [0.29, 0.717) is 11.5 Å². The molecule has 0 aliphatic carbocycles. The molecule has 1 aromatic carbocycles. The molecule has 0 radical (unpaired) electrons. The predicted octanol–water partition coefficient (Wildman–Crippen LogP) is 4.15. The minimum atomic E-state index is -1.03. The second kappa shape index (κ2) is 7.16. The summed E-state index contributed by atoms with van der Waals surface area (Å²) in [6.45, 7) is 8.00. The molecule has 1 aromatic rings. The van der Waals surface area contributed by atoms with Crippen molar-refractivity contribution in [2.24, 2.45) is 0 Å². The van der Waals surface area contributed by atoms with Crippen molar-refractivity contribution in [1.82, 2.24) is 0 Å². The lowest BCUT2D eigenvalue weighted by molar-refractivity contribution is 0.0205. The second-order valence-electron chi connectivity index (χ2n) is 5.28. The van der Waals surface area contributed by atoms with E-state index in [1.807, 2.05) is 18.2 Å². The highest BCUT2D eigenvalue weighted by Crippen LogP contribution is 2.30. The Labute approximate surface area is 119 Å². The zero-order chi connectivity index (χ0) is 13.6. The van der Waals surface area contributed by atoms with Gasteiger partial charge in [0.15, 0.2) is 18.3 Å². The van der Waals surface area contributed by atoms with Gasteiger partial charge in [0.1, 0.15) is 0 Å². The number of rotatable bonds is 7. The van der Waals surface area contributed by atoms with Crippen LogP contribution in [-0.4, -0.2) is 28.6 Å². The van der Waals surface area contributed by atoms with Crippen LogP contribution in [0.15, 0.2) is 22.7 Å². The Balaban J connectivity index is 2.37. The molecule has 0 aliphatic heterocycles. The van der Waals surface area contributed by atoms with Crippen molar-refractivity contribution < 1.29 is 14.2 Å². The Morgan fingerprint density at radius 3 is 2.50 bits per heavy atom. The van der Waals surface area contributed by atoms with Gasteiger partial charge in [-0.1, -0.05) is 35.6 Å². The quantitative estimate of drug-likeness (QED) is 0.426. The molecule has 0 spiro atoms. The van der Waals surface area contributed by atoms with Crippen LogP contribution in [0.2, 0.25) is 25.7 Å². The van der Waals surface area contributed by atoms with E-state index < -0.39 is 8.07 Å². The molecule has 0 saturated heterocycles. The van der Waals surface area contributed by atoms with E-state index in [1.165, 1.54) is 0 Å². The average Bonchev–Trinajstić information content (AvgIpc) is 2.27. The Bertz CT molecular complexity index is 377. The largest absolute Gasteiger partial charge is 0.493 e. The van der Waals surface area contributed by atoms with E-state index in [1.54, 1.807) is 7.11 Å². The first-order valence-corrected chi connectivity index (χ1v) is 10.5. The molecule has 5 heteroatoms. The summed E-state index contributed by atoms with van der Waals surface area (Å²) in [5, 5.41) is 0. The Kier molecular flexibility index (Phi) is 6.18. The van der Waals surface area contributed by atoms with Gasteiger partial charge in [-0.15, -0.1) is 0 Å².